The predicted octanol–water partition coefficient (Wildman–Crippen LogP) is 4.28. The minimum absolute atomic E-state index is 0.337. The Bertz CT molecular complexity index is 409. The van der Waals surface area contributed by atoms with Crippen LogP contribution >= 0.6 is 0 Å². The number of nitrogens with zero attached hydrogens (tertiary/aromatic N) is 2. The molecular weight excluding hydrogens is 276 g/mol. The number of rotatable bonds is 7. The number of unbranched alkanes of at least 4 members (excludes halogenated alkanes) is 4. The molecule has 1 aromatic rings. The van der Waals surface area contributed by atoms with E-state index in [1.165, 1.54) is 44.2 Å². The molecule has 0 spiro atoms. The fourth-order valence-corrected chi connectivity index (χ4v) is 2.78. The Hall–Kier alpha value is -1.42. The number of hydrogen-bond donors (Lipinski definition) is 1. The molecule has 124 valence electrons. The lowest BCUT2D eigenvalue weighted by molar-refractivity contribution is -0.137. The van der Waals surface area contributed by atoms with E-state index in [2.05, 4.69) is 29.9 Å². The lowest BCUT2D eigenvalue weighted by atomic mass is 10.1. The maximum atomic E-state index is 10.0. The van der Waals surface area contributed by atoms with E-state index < -0.39 is 5.97 Å². The Labute approximate surface area is 134 Å². The third-order valence-corrected chi connectivity index (χ3v) is 4.08. The van der Waals surface area contributed by atoms with Gasteiger partial charge in [0, 0.05) is 24.9 Å². The van der Waals surface area contributed by atoms with E-state index in [0.29, 0.717) is 12.5 Å². The molecule has 0 amide bonds. The molecular formula is C18H30N2O2. The van der Waals surface area contributed by atoms with Gasteiger partial charge < -0.3 is 5.11 Å². The van der Waals surface area contributed by atoms with Crippen LogP contribution in [0.15, 0.2) is 24.5 Å². The van der Waals surface area contributed by atoms with Crippen molar-refractivity contribution in [3.05, 3.63) is 30.1 Å². The topological polar surface area (TPSA) is 53.4 Å². The molecule has 1 N–H and O–H groups in total. The highest BCUT2D eigenvalue weighted by atomic mass is 16.4. The van der Waals surface area contributed by atoms with Crippen LogP contribution in [0, 0.1) is 0 Å². The van der Waals surface area contributed by atoms with Crippen molar-refractivity contribution in [1.82, 2.24) is 9.88 Å². The van der Waals surface area contributed by atoms with Gasteiger partial charge in [-0.3, -0.25) is 14.7 Å². The molecule has 1 aliphatic rings. The van der Waals surface area contributed by atoms with Crippen LogP contribution in [-0.4, -0.2) is 34.6 Å². The van der Waals surface area contributed by atoms with Crippen LogP contribution in [0.1, 0.15) is 69.9 Å². The number of carboxylic acid groups (broad SMARTS) is 1. The SMILES string of the molecule is CCCCCCCC(=O)O.CN1CCC[C@H]1c1cccnc1. The highest BCUT2D eigenvalue weighted by Gasteiger charge is 2.21. The zero-order valence-corrected chi connectivity index (χ0v) is 14.0. The van der Waals surface area contributed by atoms with Gasteiger partial charge in [-0.15, -0.1) is 0 Å². The van der Waals surface area contributed by atoms with Crippen molar-refractivity contribution in [2.45, 2.75) is 64.3 Å². The van der Waals surface area contributed by atoms with E-state index in [9.17, 15) is 4.79 Å². The number of carbonyl (C=O) groups is 1. The van der Waals surface area contributed by atoms with Crippen molar-refractivity contribution in [3.63, 3.8) is 0 Å². The monoisotopic (exact) mass is 306 g/mol. The number of carboxylic acids is 1. The Morgan fingerprint density at radius 1 is 1.36 bits per heavy atom. The van der Waals surface area contributed by atoms with Crippen LogP contribution in [0.3, 0.4) is 0 Å². The Morgan fingerprint density at radius 2 is 2.14 bits per heavy atom. The lowest BCUT2D eigenvalue weighted by Crippen LogP contribution is -2.17. The molecule has 0 radical (unpaired) electrons. The van der Waals surface area contributed by atoms with Gasteiger partial charge in [0.05, 0.1) is 0 Å². The summed E-state index contributed by atoms with van der Waals surface area (Å²) < 4.78 is 0. The zero-order chi connectivity index (χ0) is 16.2. The number of aromatic nitrogens is 1. The predicted molar refractivity (Wildman–Crippen MR) is 89.9 cm³/mol. The van der Waals surface area contributed by atoms with E-state index in [-0.39, 0.29) is 0 Å². The Balaban J connectivity index is 0.000000225. The Morgan fingerprint density at radius 3 is 2.68 bits per heavy atom. The van der Waals surface area contributed by atoms with Crippen LogP contribution in [0.25, 0.3) is 0 Å². The van der Waals surface area contributed by atoms with Crippen LogP contribution in [0.4, 0.5) is 0 Å². The van der Waals surface area contributed by atoms with Gasteiger partial charge in [0.1, 0.15) is 0 Å². The lowest BCUT2D eigenvalue weighted by Gasteiger charge is -2.18. The fourth-order valence-electron chi connectivity index (χ4n) is 2.78. The van der Waals surface area contributed by atoms with Gasteiger partial charge in [-0.05, 0) is 44.5 Å². The summed E-state index contributed by atoms with van der Waals surface area (Å²) in [5.74, 6) is -0.670. The zero-order valence-electron chi connectivity index (χ0n) is 14.0. The van der Waals surface area contributed by atoms with E-state index >= 15 is 0 Å². The van der Waals surface area contributed by atoms with Gasteiger partial charge in [0.2, 0.25) is 0 Å². The molecule has 1 fully saturated rings. The quantitative estimate of drug-likeness (QED) is 0.764. The van der Waals surface area contributed by atoms with Crippen molar-refractivity contribution in [1.29, 1.82) is 0 Å². The fraction of sp³-hybridized carbons (Fsp3) is 0.667. The molecule has 1 aromatic heterocycles. The summed E-state index contributed by atoms with van der Waals surface area (Å²) >= 11 is 0. The average molecular weight is 306 g/mol. The standard InChI is InChI=1S/C10H14N2.C8H16O2/c1-12-7-3-5-10(12)9-4-2-6-11-8-9;1-2-3-4-5-6-7-8(9)10/h2,4,6,8,10H,3,5,7H2,1H3;2-7H2,1H3,(H,9,10)/t10-;/m0./s1. The molecule has 0 aromatic carbocycles. The summed E-state index contributed by atoms with van der Waals surface area (Å²) in [5.41, 5.74) is 1.36. The highest BCUT2D eigenvalue weighted by Crippen LogP contribution is 2.29. The molecule has 2 rings (SSSR count). The summed E-state index contributed by atoms with van der Waals surface area (Å²) in [7, 11) is 2.19. The van der Waals surface area contributed by atoms with Gasteiger partial charge in [0.25, 0.3) is 0 Å². The number of likely N-dealkylation sites (tertiary alicyclic amines) is 1. The maximum Gasteiger partial charge on any atom is 0.303 e. The molecule has 22 heavy (non-hydrogen) atoms. The van der Waals surface area contributed by atoms with E-state index in [4.69, 9.17) is 5.11 Å². The number of aliphatic carboxylic acids is 1. The van der Waals surface area contributed by atoms with Gasteiger partial charge in [-0.25, -0.2) is 0 Å². The highest BCUT2D eigenvalue weighted by molar-refractivity contribution is 5.66. The largest absolute Gasteiger partial charge is 0.481 e. The van der Waals surface area contributed by atoms with Crippen LogP contribution < -0.4 is 0 Å². The van der Waals surface area contributed by atoms with Crippen molar-refractivity contribution < 1.29 is 9.90 Å². The van der Waals surface area contributed by atoms with Crippen LogP contribution in [0.5, 0.6) is 0 Å². The average Bonchev–Trinajstić information content (AvgIpc) is 2.94. The van der Waals surface area contributed by atoms with E-state index in [1.54, 1.807) is 0 Å². The summed E-state index contributed by atoms with van der Waals surface area (Å²) in [6, 6.07) is 4.79. The first-order valence-electron chi connectivity index (χ1n) is 8.47. The molecule has 4 nitrogen and oxygen atoms in total. The van der Waals surface area contributed by atoms with Gasteiger partial charge in [-0.2, -0.15) is 0 Å². The molecule has 2 heterocycles. The summed E-state index contributed by atoms with van der Waals surface area (Å²) in [5, 5.41) is 8.27. The first-order valence-corrected chi connectivity index (χ1v) is 8.47. The normalized spacial score (nSPS) is 17.8. The summed E-state index contributed by atoms with van der Waals surface area (Å²) in [6.45, 7) is 3.37. The second-order valence-corrected chi connectivity index (χ2v) is 5.98. The second-order valence-electron chi connectivity index (χ2n) is 5.98. The molecule has 4 heteroatoms. The Kier molecular flexibility index (Phi) is 9.47. The smallest absolute Gasteiger partial charge is 0.303 e. The van der Waals surface area contributed by atoms with Crippen LogP contribution in [-0.2, 0) is 4.79 Å². The van der Waals surface area contributed by atoms with E-state index in [1.807, 2.05) is 18.5 Å². The molecule has 1 aliphatic heterocycles. The molecule has 1 saturated heterocycles. The molecule has 0 unspecified atom stereocenters. The first-order chi connectivity index (χ1) is 10.6. The third-order valence-electron chi connectivity index (χ3n) is 4.08. The van der Waals surface area contributed by atoms with Crippen LogP contribution in [0.2, 0.25) is 0 Å². The minimum atomic E-state index is -0.670. The molecule has 0 saturated carbocycles. The second kappa shape index (κ2) is 11.2. The molecule has 0 bridgehead atoms. The van der Waals surface area contributed by atoms with Crippen molar-refractivity contribution in [3.8, 4) is 0 Å². The van der Waals surface area contributed by atoms with Gasteiger partial charge >= 0.3 is 5.97 Å². The van der Waals surface area contributed by atoms with Crippen molar-refractivity contribution in [2.24, 2.45) is 0 Å². The maximum absolute atomic E-state index is 10.0. The number of pyridine rings is 1. The van der Waals surface area contributed by atoms with Crippen molar-refractivity contribution >= 4 is 5.97 Å². The third kappa shape index (κ3) is 7.55. The van der Waals surface area contributed by atoms with Crippen molar-refractivity contribution in [2.75, 3.05) is 13.6 Å². The summed E-state index contributed by atoms with van der Waals surface area (Å²) in [4.78, 5) is 16.6. The molecule has 0 aliphatic carbocycles. The number of hydrogen-bond acceptors (Lipinski definition) is 3. The van der Waals surface area contributed by atoms with E-state index in [0.717, 1.165) is 12.8 Å². The first kappa shape index (κ1) is 18.6. The molecule has 1 atom stereocenters. The minimum Gasteiger partial charge on any atom is -0.481 e. The van der Waals surface area contributed by atoms with Gasteiger partial charge in [-0.1, -0.05) is 38.7 Å². The summed E-state index contributed by atoms with van der Waals surface area (Å²) in [6.07, 6.45) is 12.3. The van der Waals surface area contributed by atoms with Gasteiger partial charge in [0.15, 0.2) is 0 Å².